The van der Waals surface area contributed by atoms with Crippen molar-refractivity contribution in [2.75, 3.05) is 0 Å². The third-order valence-corrected chi connectivity index (χ3v) is 2.87. The van der Waals surface area contributed by atoms with Gasteiger partial charge >= 0.3 is 6.18 Å². The van der Waals surface area contributed by atoms with Crippen LogP contribution in [0, 0.1) is 0 Å². The van der Waals surface area contributed by atoms with Crippen LogP contribution in [-0.4, -0.2) is 11.7 Å². The molecule has 1 aromatic carbocycles. The molecule has 0 aliphatic carbocycles. The second-order valence-corrected chi connectivity index (χ2v) is 4.01. The number of benzene rings is 1. The summed E-state index contributed by atoms with van der Waals surface area (Å²) in [5.41, 5.74) is -1.11. The number of Topliss-reactive ketones (excluding diaryl/α,β-unsaturated/α-hetero) is 1. The topological polar surface area (TPSA) is 46.2 Å². The standard InChI is InChI=1S/C12H10F3NO2/c1-2-10(17)6-3-7-8(5-16-11(7)18)9(4-6)12(13,14)15/h3-4H,2,5H2,1H3,(H,16,18). The summed E-state index contributed by atoms with van der Waals surface area (Å²) in [7, 11) is 0. The number of rotatable bonds is 2. The van der Waals surface area contributed by atoms with Gasteiger partial charge in [-0.3, -0.25) is 9.59 Å². The molecule has 1 aliphatic rings. The van der Waals surface area contributed by atoms with Crippen LogP contribution < -0.4 is 5.32 Å². The van der Waals surface area contributed by atoms with E-state index in [0.717, 1.165) is 6.07 Å². The summed E-state index contributed by atoms with van der Waals surface area (Å²) in [6.45, 7) is 1.41. The van der Waals surface area contributed by atoms with Gasteiger partial charge in [0.25, 0.3) is 5.91 Å². The molecule has 1 aromatic rings. The molecule has 0 atom stereocenters. The van der Waals surface area contributed by atoms with Crippen molar-refractivity contribution in [3.63, 3.8) is 0 Å². The fraction of sp³-hybridized carbons (Fsp3) is 0.333. The van der Waals surface area contributed by atoms with Crippen molar-refractivity contribution in [2.45, 2.75) is 26.1 Å². The van der Waals surface area contributed by atoms with Crippen LogP contribution in [0.5, 0.6) is 0 Å². The van der Waals surface area contributed by atoms with Gasteiger partial charge in [-0.15, -0.1) is 0 Å². The second-order valence-electron chi connectivity index (χ2n) is 4.01. The molecule has 0 radical (unpaired) electrons. The van der Waals surface area contributed by atoms with Crippen molar-refractivity contribution < 1.29 is 22.8 Å². The molecule has 0 aromatic heterocycles. The Hall–Kier alpha value is -1.85. The van der Waals surface area contributed by atoms with Crippen molar-refractivity contribution in [1.29, 1.82) is 0 Å². The SMILES string of the molecule is CCC(=O)c1cc2c(c(C(F)(F)F)c1)CNC2=O. The number of fused-ring (bicyclic) bond motifs is 1. The van der Waals surface area contributed by atoms with E-state index in [1.54, 1.807) is 6.92 Å². The molecular formula is C12H10F3NO2. The fourth-order valence-electron chi connectivity index (χ4n) is 1.95. The van der Waals surface area contributed by atoms with E-state index in [-0.39, 0.29) is 29.7 Å². The number of amides is 1. The van der Waals surface area contributed by atoms with Gasteiger partial charge in [0.05, 0.1) is 5.56 Å². The summed E-state index contributed by atoms with van der Waals surface area (Å²) >= 11 is 0. The van der Waals surface area contributed by atoms with Crippen LogP contribution >= 0.6 is 0 Å². The largest absolute Gasteiger partial charge is 0.416 e. The third-order valence-electron chi connectivity index (χ3n) is 2.87. The van der Waals surface area contributed by atoms with Crippen LogP contribution in [0.25, 0.3) is 0 Å². The summed E-state index contributed by atoms with van der Waals surface area (Å²) in [4.78, 5) is 22.9. The Morgan fingerprint density at radius 2 is 2.06 bits per heavy atom. The summed E-state index contributed by atoms with van der Waals surface area (Å²) in [6.07, 6.45) is -4.47. The fourth-order valence-corrected chi connectivity index (χ4v) is 1.95. The Kier molecular flexibility index (Phi) is 2.88. The van der Waals surface area contributed by atoms with Gasteiger partial charge in [0.15, 0.2) is 5.78 Å². The first-order valence-corrected chi connectivity index (χ1v) is 5.40. The van der Waals surface area contributed by atoms with Gasteiger partial charge in [-0.05, 0) is 17.7 Å². The molecule has 2 rings (SSSR count). The number of ketones is 1. The molecule has 3 nitrogen and oxygen atoms in total. The normalized spacial score (nSPS) is 14.3. The summed E-state index contributed by atoms with van der Waals surface area (Å²) in [5.74, 6) is -0.982. The molecule has 0 bridgehead atoms. The molecule has 0 saturated carbocycles. The molecule has 0 saturated heterocycles. The third kappa shape index (κ3) is 1.98. The van der Waals surface area contributed by atoms with Gasteiger partial charge < -0.3 is 5.32 Å². The van der Waals surface area contributed by atoms with Crippen LogP contribution in [0.1, 0.15) is 45.2 Å². The smallest absolute Gasteiger partial charge is 0.348 e. The minimum absolute atomic E-state index is 0.0541. The number of hydrogen-bond donors (Lipinski definition) is 1. The summed E-state index contributed by atoms with van der Waals surface area (Å²) in [5, 5.41) is 2.33. The maximum Gasteiger partial charge on any atom is 0.416 e. The van der Waals surface area contributed by atoms with Crippen LogP contribution in [-0.2, 0) is 12.7 Å². The Bertz CT molecular complexity index is 535. The van der Waals surface area contributed by atoms with Crippen LogP contribution in [0.3, 0.4) is 0 Å². The molecule has 1 amide bonds. The highest BCUT2D eigenvalue weighted by Crippen LogP contribution is 2.36. The number of alkyl halides is 3. The van der Waals surface area contributed by atoms with Gasteiger partial charge in [-0.2, -0.15) is 13.2 Å². The number of halogens is 3. The second kappa shape index (κ2) is 4.12. The van der Waals surface area contributed by atoms with Crippen LogP contribution in [0.15, 0.2) is 12.1 Å². The van der Waals surface area contributed by atoms with Crippen molar-refractivity contribution >= 4 is 11.7 Å². The van der Waals surface area contributed by atoms with E-state index in [1.165, 1.54) is 6.07 Å². The predicted molar refractivity (Wildman–Crippen MR) is 57.2 cm³/mol. The maximum absolute atomic E-state index is 12.9. The lowest BCUT2D eigenvalue weighted by molar-refractivity contribution is -0.138. The predicted octanol–water partition coefficient (Wildman–Crippen LogP) is 2.54. The van der Waals surface area contributed by atoms with E-state index in [4.69, 9.17) is 0 Å². The summed E-state index contributed by atoms with van der Waals surface area (Å²) in [6, 6.07) is 2.06. The summed E-state index contributed by atoms with van der Waals surface area (Å²) < 4.78 is 38.6. The van der Waals surface area contributed by atoms with Gasteiger partial charge in [-0.1, -0.05) is 6.92 Å². The average molecular weight is 257 g/mol. The number of hydrogen-bond acceptors (Lipinski definition) is 2. The van der Waals surface area contributed by atoms with Gasteiger partial charge in [0.2, 0.25) is 0 Å². The lowest BCUT2D eigenvalue weighted by Crippen LogP contribution is -2.12. The lowest BCUT2D eigenvalue weighted by atomic mass is 9.96. The quantitative estimate of drug-likeness (QED) is 0.827. The van der Waals surface area contributed by atoms with E-state index >= 15 is 0 Å². The zero-order valence-electron chi connectivity index (χ0n) is 9.52. The minimum atomic E-state index is -4.57. The number of carbonyl (C=O) groups is 2. The molecule has 1 aliphatic heterocycles. The van der Waals surface area contributed by atoms with Crippen LogP contribution in [0.4, 0.5) is 13.2 Å². The van der Waals surface area contributed by atoms with E-state index in [0.29, 0.717) is 0 Å². The minimum Gasteiger partial charge on any atom is -0.348 e. The number of nitrogens with one attached hydrogen (secondary N) is 1. The molecule has 0 spiro atoms. The van der Waals surface area contributed by atoms with E-state index in [9.17, 15) is 22.8 Å². The van der Waals surface area contributed by atoms with Gasteiger partial charge in [0.1, 0.15) is 0 Å². The highest BCUT2D eigenvalue weighted by Gasteiger charge is 2.38. The Labute approximate surface area is 101 Å². The molecule has 1 N–H and O–H groups in total. The first kappa shape index (κ1) is 12.6. The van der Waals surface area contributed by atoms with Gasteiger partial charge in [-0.25, -0.2) is 0 Å². The van der Waals surface area contributed by atoms with Gasteiger partial charge in [0, 0.05) is 24.1 Å². The monoisotopic (exact) mass is 257 g/mol. The molecule has 96 valence electrons. The highest BCUT2D eigenvalue weighted by atomic mass is 19.4. The molecular weight excluding hydrogens is 247 g/mol. The maximum atomic E-state index is 12.9. The van der Waals surface area contributed by atoms with E-state index < -0.39 is 23.4 Å². The first-order valence-electron chi connectivity index (χ1n) is 5.40. The van der Waals surface area contributed by atoms with Crippen molar-refractivity contribution in [2.24, 2.45) is 0 Å². The van der Waals surface area contributed by atoms with E-state index in [2.05, 4.69) is 5.32 Å². The Morgan fingerprint density at radius 3 is 2.61 bits per heavy atom. The van der Waals surface area contributed by atoms with E-state index in [1.807, 2.05) is 0 Å². The van der Waals surface area contributed by atoms with Crippen molar-refractivity contribution in [3.8, 4) is 0 Å². The van der Waals surface area contributed by atoms with Crippen LogP contribution in [0.2, 0.25) is 0 Å². The Morgan fingerprint density at radius 1 is 1.39 bits per heavy atom. The van der Waals surface area contributed by atoms with Crippen molar-refractivity contribution in [1.82, 2.24) is 5.32 Å². The average Bonchev–Trinajstić information content (AvgIpc) is 2.68. The molecule has 6 heteroatoms. The zero-order chi connectivity index (χ0) is 13.5. The number of carbonyl (C=O) groups excluding carboxylic acids is 2. The first-order chi connectivity index (χ1) is 8.34. The molecule has 1 heterocycles. The lowest BCUT2D eigenvalue weighted by Gasteiger charge is -2.12. The molecule has 0 unspecified atom stereocenters. The molecule has 18 heavy (non-hydrogen) atoms. The highest BCUT2D eigenvalue weighted by molar-refractivity contribution is 6.03. The Balaban J connectivity index is 2.66. The van der Waals surface area contributed by atoms with Crippen molar-refractivity contribution in [3.05, 3.63) is 34.4 Å². The zero-order valence-corrected chi connectivity index (χ0v) is 9.52. The molecule has 0 fully saturated rings.